The van der Waals surface area contributed by atoms with Gasteiger partial charge >= 0.3 is 0 Å². The molecule has 0 aliphatic rings. The Kier molecular flexibility index (Phi) is 1.88. The highest BCUT2D eigenvalue weighted by Crippen LogP contribution is 2.06. The molecule has 0 amide bonds. The van der Waals surface area contributed by atoms with Crippen LogP contribution in [-0.4, -0.2) is 4.98 Å². The van der Waals surface area contributed by atoms with E-state index >= 15 is 0 Å². The number of nitrogens with one attached hydrogen (secondary N) is 1. The van der Waals surface area contributed by atoms with Crippen LogP contribution in [-0.2, 0) is 0 Å². The van der Waals surface area contributed by atoms with Crippen molar-refractivity contribution < 1.29 is 0 Å². The molecule has 0 aliphatic carbocycles. The van der Waals surface area contributed by atoms with E-state index in [1.165, 1.54) is 0 Å². The molecule has 0 fully saturated rings. The second-order valence-electron chi connectivity index (χ2n) is 1.83. The van der Waals surface area contributed by atoms with E-state index in [9.17, 15) is 0 Å². The van der Waals surface area contributed by atoms with Gasteiger partial charge in [-0.25, -0.2) is 0 Å². The van der Waals surface area contributed by atoms with E-state index in [0.29, 0.717) is 5.15 Å². The van der Waals surface area contributed by atoms with E-state index in [1.54, 1.807) is 12.3 Å². The van der Waals surface area contributed by atoms with Gasteiger partial charge in [-0.05, 0) is 18.6 Å². The molecular weight excluding hydrogens is 154 g/mol. The highest BCUT2D eigenvalue weighted by molar-refractivity contribution is 7.71. The Morgan fingerprint density at radius 2 is 2.33 bits per heavy atom. The molecule has 0 bridgehead atoms. The third kappa shape index (κ3) is 1.53. The first-order valence-electron chi connectivity index (χ1n) is 2.55. The smallest absolute Gasteiger partial charge is 0.107 e. The van der Waals surface area contributed by atoms with Crippen molar-refractivity contribution in [2.24, 2.45) is 0 Å². The Morgan fingerprint density at radius 1 is 1.67 bits per heavy atom. The fraction of sp³-hybridized carbons (Fsp3) is 0.167. The number of rotatable bonds is 0. The van der Waals surface area contributed by atoms with E-state index in [0.717, 1.165) is 10.1 Å². The summed E-state index contributed by atoms with van der Waals surface area (Å²) in [7, 11) is 0. The first-order valence-corrected chi connectivity index (χ1v) is 3.33. The molecule has 0 saturated heterocycles. The van der Waals surface area contributed by atoms with Crippen LogP contribution in [0, 0.1) is 11.4 Å². The van der Waals surface area contributed by atoms with Crippen molar-refractivity contribution in [2.45, 2.75) is 6.92 Å². The molecule has 0 aliphatic heterocycles. The maximum atomic E-state index is 5.59. The summed E-state index contributed by atoms with van der Waals surface area (Å²) < 4.78 is 0.804. The largest absolute Gasteiger partial charge is 0.352 e. The van der Waals surface area contributed by atoms with E-state index in [4.69, 9.17) is 23.8 Å². The minimum absolute atomic E-state index is 0.589. The van der Waals surface area contributed by atoms with Gasteiger partial charge in [0, 0.05) is 10.7 Å². The molecule has 0 spiro atoms. The van der Waals surface area contributed by atoms with Gasteiger partial charge in [0.15, 0.2) is 0 Å². The predicted molar refractivity (Wildman–Crippen MR) is 41.4 cm³/mol. The number of H-pyrrole nitrogens is 1. The fourth-order valence-electron chi connectivity index (χ4n) is 0.519. The number of aromatic nitrogens is 1. The van der Waals surface area contributed by atoms with E-state index in [2.05, 4.69) is 4.98 Å². The summed E-state index contributed by atoms with van der Waals surface area (Å²) in [4.78, 5) is 2.84. The summed E-state index contributed by atoms with van der Waals surface area (Å²) in [6.07, 6.45) is 1.80. The Hall–Kier alpha value is -0.340. The van der Waals surface area contributed by atoms with Crippen molar-refractivity contribution in [2.75, 3.05) is 0 Å². The Balaban J connectivity index is 3.34. The Labute approximate surface area is 63.7 Å². The highest BCUT2D eigenvalue weighted by atomic mass is 35.5. The van der Waals surface area contributed by atoms with Crippen LogP contribution in [0.3, 0.4) is 0 Å². The second-order valence-corrected chi connectivity index (χ2v) is 2.68. The summed E-state index contributed by atoms with van der Waals surface area (Å²) in [5, 5.41) is 0.589. The normalized spacial score (nSPS) is 9.56. The minimum atomic E-state index is 0.589. The van der Waals surface area contributed by atoms with Crippen LogP contribution in [0.1, 0.15) is 5.56 Å². The third-order valence-electron chi connectivity index (χ3n) is 1.07. The molecule has 1 N–H and O–H groups in total. The van der Waals surface area contributed by atoms with E-state index in [-0.39, 0.29) is 0 Å². The fourth-order valence-corrected chi connectivity index (χ4v) is 0.924. The van der Waals surface area contributed by atoms with Gasteiger partial charge in [0.25, 0.3) is 0 Å². The Morgan fingerprint density at radius 3 is 2.78 bits per heavy atom. The van der Waals surface area contributed by atoms with Gasteiger partial charge in [-0.3, -0.25) is 0 Å². The maximum absolute atomic E-state index is 5.59. The number of pyridine rings is 1. The van der Waals surface area contributed by atoms with Crippen molar-refractivity contribution >= 4 is 23.8 Å². The molecule has 0 saturated carbocycles. The molecule has 0 aromatic carbocycles. The van der Waals surface area contributed by atoms with Crippen molar-refractivity contribution in [3.05, 3.63) is 27.5 Å². The second kappa shape index (κ2) is 2.50. The van der Waals surface area contributed by atoms with Crippen LogP contribution < -0.4 is 0 Å². The number of halogens is 1. The molecular formula is C6H6ClNS. The standard InChI is InChI=1S/C6H6ClNS/c1-4-3-8-6(7)2-5(4)9/h2-3H,1H3,(H,8,9). The molecule has 48 valence electrons. The van der Waals surface area contributed by atoms with Gasteiger partial charge in [-0.2, -0.15) is 0 Å². The van der Waals surface area contributed by atoms with Crippen LogP contribution in [0.5, 0.6) is 0 Å². The SMILES string of the molecule is Cc1c[nH]c(Cl)cc1=S. The molecule has 1 aromatic rings. The molecule has 1 nitrogen and oxygen atoms in total. The monoisotopic (exact) mass is 159 g/mol. The molecule has 0 unspecified atom stereocenters. The van der Waals surface area contributed by atoms with Gasteiger partial charge in [0.2, 0.25) is 0 Å². The zero-order valence-electron chi connectivity index (χ0n) is 4.94. The summed E-state index contributed by atoms with van der Waals surface area (Å²) in [5.74, 6) is 0. The maximum Gasteiger partial charge on any atom is 0.107 e. The van der Waals surface area contributed by atoms with Gasteiger partial charge in [-0.15, -0.1) is 0 Å². The first-order chi connectivity index (χ1) is 4.20. The lowest BCUT2D eigenvalue weighted by Gasteiger charge is -1.91. The van der Waals surface area contributed by atoms with Crippen LogP contribution >= 0.6 is 23.8 Å². The topological polar surface area (TPSA) is 15.8 Å². The zero-order valence-corrected chi connectivity index (χ0v) is 6.51. The molecule has 3 heteroatoms. The predicted octanol–water partition coefficient (Wildman–Crippen LogP) is 2.71. The lowest BCUT2D eigenvalue weighted by molar-refractivity contribution is 1.26. The van der Waals surface area contributed by atoms with Gasteiger partial charge in [-0.1, -0.05) is 23.8 Å². The highest BCUT2D eigenvalue weighted by Gasteiger charge is 1.87. The Bertz CT molecular complexity index is 266. The molecule has 9 heavy (non-hydrogen) atoms. The average Bonchev–Trinajstić information content (AvgIpc) is 1.80. The van der Waals surface area contributed by atoms with Gasteiger partial charge in [0.05, 0.1) is 0 Å². The lowest BCUT2D eigenvalue weighted by Crippen LogP contribution is -1.77. The number of hydrogen-bond donors (Lipinski definition) is 1. The van der Waals surface area contributed by atoms with Crippen molar-refractivity contribution in [3.8, 4) is 0 Å². The van der Waals surface area contributed by atoms with Crippen LogP contribution in [0.2, 0.25) is 5.15 Å². The van der Waals surface area contributed by atoms with E-state index < -0.39 is 0 Å². The van der Waals surface area contributed by atoms with Crippen molar-refractivity contribution in [1.29, 1.82) is 0 Å². The summed E-state index contributed by atoms with van der Waals surface area (Å²) >= 11 is 10.5. The quantitative estimate of drug-likeness (QED) is 0.455. The number of aryl methyl sites for hydroxylation is 1. The summed E-state index contributed by atoms with van der Waals surface area (Å²) in [6.45, 7) is 1.94. The molecule has 1 rings (SSSR count). The summed E-state index contributed by atoms with van der Waals surface area (Å²) in [5.41, 5.74) is 1.05. The molecule has 0 atom stereocenters. The average molecular weight is 160 g/mol. The van der Waals surface area contributed by atoms with Crippen molar-refractivity contribution in [1.82, 2.24) is 4.98 Å². The third-order valence-corrected chi connectivity index (χ3v) is 1.73. The number of aromatic amines is 1. The van der Waals surface area contributed by atoms with Crippen LogP contribution in [0.15, 0.2) is 12.3 Å². The summed E-state index contributed by atoms with van der Waals surface area (Å²) in [6, 6.07) is 1.73. The molecule has 0 radical (unpaired) electrons. The van der Waals surface area contributed by atoms with Crippen molar-refractivity contribution in [3.63, 3.8) is 0 Å². The van der Waals surface area contributed by atoms with Gasteiger partial charge in [0.1, 0.15) is 5.15 Å². The molecule has 1 heterocycles. The minimum Gasteiger partial charge on any atom is -0.352 e. The molecule has 1 aromatic heterocycles. The van der Waals surface area contributed by atoms with E-state index in [1.807, 2.05) is 6.92 Å². The van der Waals surface area contributed by atoms with Crippen LogP contribution in [0.25, 0.3) is 0 Å². The first kappa shape index (κ1) is 6.78. The van der Waals surface area contributed by atoms with Crippen LogP contribution in [0.4, 0.5) is 0 Å². The number of hydrogen-bond acceptors (Lipinski definition) is 1. The van der Waals surface area contributed by atoms with Gasteiger partial charge < -0.3 is 4.98 Å². The zero-order chi connectivity index (χ0) is 6.85. The lowest BCUT2D eigenvalue weighted by atomic mass is 10.3.